The van der Waals surface area contributed by atoms with Gasteiger partial charge in [0, 0.05) is 12.1 Å². The second-order valence-corrected chi connectivity index (χ2v) is 6.64. The van der Waals surface area contributed by atoms with Crippen LogP contribution in [0.1, 0.15) is 30.0 Å². The van der Waals surface area contributed by atoms with Crippen LogP contribution in [0, 0.1) is 0 Å². The monoisotopic (exact) mass is 374 g/mol. The van der Waals surface area contributed by atoms with Gasteiger partial charge >= 0.3 is 6.18 Å². The van der Waals surface area contributed by atoms with Gasteiger partial charge in [0.05, 0.1) is 16.9 Å². The summed E-state index contributed by atoms with van der Waals surface area (Å²) < 4.78 is 46.4. The quantitative estimate of drug-likeness (QED) is 0.742. The number of nitrogens with zero attached hydrogens (tertiary/aromatic N) is 3. The van der Waals surface area contributed by atoms with Crippen LogP contribution >= 0.6 is 0 Å². The van der Waals surface area contributed by atoms with Gasteiger partial charge in [-0.1, -0.05) is 6.08 Å². The molecule has 2 aliphatic rings. The van der Waals surface area contributed by atoms with E-state index in [9.17, 15) is 18.0 Å². The standard InChI is InChI=1S/C18H13F3N4O2/c19-18(20,21)12-6-5-10-15-14(23-8-27-15)17(26)25(16(10)24-12)11-2-1-7-22-13(11)9-3-4-9/h1-2,5-9,12,24H,3-4H2. The van der Waals surface area contributed by atoms with Crippen molar-refractivity contribution in [1.82, 2.24) is 14.5 Å². The Balaban J connectivity index is 1.83. The first kappa shape index (κ1) is 16.1. The molecule has 3 aromatic heterocycles. The van der Waals surface area contributed by atoms with E-state index < -0.39 is 17.8 Å². The first-order valence-electron chi connectivity index (χ1n) is 8.44. The molecule has 0 amide bonds. The van der Waals surface area contributed by atoms with E-state index in [1.54, 1.807) is 18.3 Å². The minimum Gasteiger partial charge on any atom is -0.442 e. The Bertz CT molecular complexity index is 1140. The van der Waals surface area contributed by atoms with Gasteiger partial charge in [-0.2, -0.15) is 13.2 Å². The third-order valence-electron chi connectivity index (χ3n) is 4.82. The van der Waals surface area contributed by atoms with E-state index in [0.29, 0.717) is 16.9 Å². The molecule has 9 heteroatoms. The van der Waals surface area contributed by atoms with Gasteiger partial charge in [-0.05, 0) is 31.1 Å². The normalized spacial score (nSPS) is 19.1. The highest BCUT2D eigenvalue weighted by Gasteiger charge is 2.41. The fourth-order valence-electron chi connectivity index (χ4n) is 3.40. The number of alkyl halides is 3. The number of anilines is 1. The maximum absolute atomic E-state index is 13.3. The zero-order valence-corrected chi connectivity index (χ0v) is 13.8. The molecule has 0 bridgehead atoms. The van der Waals surface area contributed by atoms with Crippen molar-refractivity contribution in [1.29, 1.82) is 0 Å². The van der Waals surface area contributed by atoms with Crippen molar-refractivity contribution >= 4 is 23.0 Å². The lowest BCUT2D eigenvalue weighted by Gasteiger charge is -2.27. The van der Waals surface area contributed by atoms with Crippen molar-refractivity contribution in [2.45, 2.75) is 31.0 Å². The first-order chi connectivity index (χ1) is 12.9. The number of fused-ring (bicyclic) bond motifs is 3. The highest BCUT2D eigenvalue weighted by Crippen LogP contribution is 2.42. The molecular weight excluding hydrogens is 361 g/mol. The number of rotatable bonds is 2. The average Bonchev–Trinajstić information content (AvgIpc) is 3.37. The summed E-state index contributed by atoms with van der Waals surface area (Å²) in [4.78, 5) is 21.4. The van der Waals surface area contributed by atoms with Crippen molar-refractivity contribution in [2.75, 3.05) is 5.32 Å². The second-order valence-electron chi connectivity index (χ2n) is 6.64. The van der Waals surface area contributed by atoms with E-state index >= 15 is 0 Å². The summed E-state index contributed by atoms with van der Waals surface area (Å²) in [5.74, 6) is 0.235. The molecule has 27 heavy (non-hydrogen) atoms. The summed E-state index contributed by atoms with van der Waals surface area (Å²) in [7, 11) is 0. The summed E-state index contributed by atoms with van der Waals surface area (Å²) >= 11 is 0. The Morgan fingerprint density at radius 1 is 1.26 bits per heavy atom. The smallest absolute Gasteiger partial charge is 0.412 e. The first-order valence-corrected chi connectivity index (χ1v) is 8.44. The van der Waals surface area contributed by atoms with Crippen molar-refractivity contribution in [3.63, 3.8) is 0 Å². The maximum atomic E-state index is 13.3. The summed E-state index contributed by atoms with van der Waals surface area (Å²) in [5.41, 5.74) is 1.20. The lowest BCUT2D eigenvalue weighted by atomic mass is 10.1. The van der Waals surface area contributed by atoms with Gasteiger partial charge in [0.15, 0.2) is 17.5 Å². The topological polar surface area (TPSA) is 73.0 Å². The summed E-state index contributed by atoms with van der Waals surface area (Å²) in [5, 5.41) is 2.45. The lowest BCUT2D eigenvalue weighted by Crippen LogP contribution is -2.38. The highest BCUT2D eigenvalue weighted by molar-refractivity contribution is 5.90. The number of halogens is 3. The van der Waals surface area contributed by atoms with Crippen molar-refractivity contribution < 1.29 is 17.6 Å². The number of oxazole rings is 1. The molecule has 0 radical (unpaired) electrons. The summed E-state index contributed by atoms with van der Waals surface area (Å²) in [6, 6.07) is 1.45. The minimum atomic E-state index is -4.50. The van der Waals surface area contributed by atoms with Crippen LogP contribution in [0.25, 0.3) is 22.9 Å². The van der Waals surface area contributed by atoms with Crippen LogP contribution in [0.15, 0.2) is 40.0 Å². The van der Waals surface area contributed by atoms with Gasteiger partial charge in [-0.25, -0.2) is 4.98 Å². The lowest BCUT2D eigenvalue weighted by molar-refractivity contribution is -0.132. The van der Waals surface area contributed by atoms with Crippen LogP contribution in [-0.2, 0) is 0 Å². The third kappa shape index (κ3) is 2.45. The Morgan fingerprint density at radius 2 is 2.07 bits per heavy atom. The predicted molar refractivity (Wildman–Crippen MR) is 91.9 cm³/mol. The van der Waals surface area contributed by atoms with Crippen LogP contribution < -0.4 is 10.9 Å². The van der Waals surface area contributed by atoms with Crippen LogP contribution in [0.3, 0.4) is 0 Å². The van der Waals surface area contributed by atoms with E-state index in [1.165, 1.54) is 10.6 Å². The van der Waals surface area contributed by atoms with Gasteiger partial charge in [0.25, 0.3) is 5.56 Å². The average molecular weight is 374 g/mol. The van der Waals surface area contributed by atoms with Crippen molar-refractivity contribution in [3.8, 4) is 5.69 Å². The van der Waals surface area contributed by atoms with Crippen molar-refractivity contribution in [3.05, 3.63) is 52.4 Å². The Labute approximate surface area is 150 Å². The molecule has 6 nitrogen and oxygen atoms in total. The molecule has 1 aliphatic heterocycles. The number of aromatic nitrogens is 3. The third-order valence-corrected chi connectivity index (χ3v) is 4.82. The van der Waals surface area contributed by atoms with E-state index in [-0.39, 0.29) is 22.8 Å². The second kappa shape index (κ2) is 5.45. The molecule has 1 unspecified atom stereocenters. The number of nitrogens with one attached hydrogen (secondary N) is 1. The molecule has 1 saturated carbocycles. The van der Waals surface area contributed by atoms with E-state index in [1.807, 2.05) is 0 Å². The fraction of sp³-hybridized carbons (Fsp3) is 0.278. The number of pyridine rings is 2. The molecule has 1 N–H and O–H groups in total. The van der Waals surface area contributed by atoms with Gasteiger partial charge in [-0.15, -0.1) is 0 Å². The van der Waals surface area contributed by atoms with Gasteiger partial charge in [-0.3, -0.25) is 14.3 Å². The van der Waals surface area contributed by atoms with Gasteiger partial charge in [0.1, 0.15) is 11.9 Å². The Hall–Kier alpha value is -3.10. The van der Waals surface area contributed by atoms with E-state index in [2.05, 4.69) is 15.3 Å². The maximum Gasteiger partial charge on any atom is 0.412 e. The SMILES string of the molecule is O=c1c2ncoc2c2c(n1-c1cccnc1C1CC1)NC(C(F)(F)F)C=C2. The van der Waals surface area contributed by atoms with E-state index in [0.717, 1.165) is 25.3 Å². The molecular formula is C18H13F3N4O2. The van der Waals surface area contributed by atoms with Crippen LogP contribution in [-0.4, -0.2) is 26.8 Å². The zero-order valence-electron chi connectivity index (χ0n) is 13.8. The molecule has 1 aliphatic carbocycles. The van der Waals surface area contributed by atoms with Crippen molar-refractivity contribution in [2.24, 2.45) is 0 Å². The van der Waals surface area contributed by atoms with Gasteiger partial charge < -0.3 is 9.73 Å². The Morgan fingerprint density at radius 3 is 2.81 bits per heavy atom. The predicted octanol–water partition coefficient (Wildman–Crippen LogP) is 3.62. The van der Waals surface area contributed by atoms with Crippen LogP contribution in [0.2, 0.25) is 0 Å². The molecule has 0 spiro atoms. The number of hydrogen-bond acceptors (Lipinski definition) is 5. The van der Waals surface area contributed by atoms with E-state index in [4.69, 9.17) is 4.42 Å². The molecule has 1 atom stereocenters. The molecule has 0 aromatic carbocycles. The summed E-state index contributed by atoms with van der Waals surface area (Å²) in [6.07, 6.45) is 2.43. The number of hydrogen-bond donors (Lipinski definition) is 1. The van der Waals surface area contributed by atoms with Crippen LogP contribution in [0.5, 0.6) is 0 Å². The molecule has 5 rings (SSSR count). The summed E-state index contributed by atoms with van der Waals surface area (Å²) in [6.45, 7) is 0. The Kier molecular flexibility index (Phi) is 3.25. The molecule has 138 valence electrons. The minimum absolute atomic E-state index is 0.0315. The largest absolute Gasteiger partial charge is 0.442 e. The molecule has 3 aromatic rings. The van der Waals surface area contributed by atoms with Gasteiger partial charge in [0.2, 0.25) is 0 Å². The zero-order chi connectivity index (χ0) is 18.8. The molecule has 0 saturated heterocycles. The van der Waals surface area contributed by atoms with Crippen LogP contribution in [0.4, 0.5) is 19.0 Å². The molecule has 1 fully saturated rings. The highest BCUT2D eigenvalue weighted by atomic mass is 19.4. The molecule has 4 heterocycles. The fourth-order valence-corrected chi connectivity index (χ4v) is 3.40.